The van der Waals surface area contributed by atoms with Gasteiger partial charge in [-0.1, -0.05) is 25.1 Å². The van der Waals surface area contributed by atoms with Crippen molar-refractivity contribution in [2.75, 3.05) is 26.2 Å². The fraction of sp³-hybridized carbons (Fsp3) is 0.474. The molecule has 3 rings (SSSR count). The Morgan fingerprint density at radius 2 is 2.17 bits per heavy atom. The molecule has 5 heteroatoms. The van der Waals surface area contributed by atoms with Crippen LogP contribution in [0.2, 0.25) is 0 Å². The van der Waals surface area contributed by atoms with E-state index < -0.39 is 0 Å². The molecule has 1 aliphatic rings. The number of carbonyl (C=O) groups is 1. The van der Waals surface area contributed by atoms with Gasteiger partial charge in [-0.3, -0.25) is 4.79 Å². The van der Waals surface area contributed by atoms with Gasteiger partial charge in [0.25, 0.3) is 0 Å². The van der Waals surface area contributed by atoms with E-state index in [1.807, 2.05) is 36.5 Å². The van der Waals surface area contributed by atoms with E-state index in [1.165, 1.54) is 12.8 Å². The van der Waals surface area contributed by atoms with Crippen LogP contribution in [-0.2, 0) is 11.2 Å². The summed E-state index contributed by atoms with van der Waals surface area (Å²) < 4.78 is 1.80. The van der Waals surface area contributed by atoms with Crippen molar-refractivity contribution in [2.45, 2.75) is 26.2 Å². The van der Waals surface area contributed by atoms with Gasteiger partial charge in [-0.25, -0.2) is 4.68 Å². The van der Waals surface area contributed by atoms with Crippen molar-refractivity contribution in [3.8, 4) is 5.69 Å². The number of para-hydroxylation sites is 1. The molecule has 0 spiro atoms. The molecule has 0 unspecified atom stereocenters. The summed E-state index contributed by atoms with van der Waals surface area (Å²) in [6.45, 7) is 6.27. The standard InChI is InChI=1S/C19H26N4O/c1-16-6-5-10-22(14-16)11-9-20-19(24)12-17-13-21-23(15-17)18-7-3-2-4-8-18/h2-4,7-8,13,15-16H,5-6,9-12,14H2,1H3,(H,20,24)/t16-/m1/s1. The van der Waals surface area contributed by atoms with Gasteiger partial charge >= 0.3 is 0 Å². The van der Waals surface area contributed by atoms with Gasteiger partial charge in [-0.2, -0.15) is 5.10 Å². The third-order valence-electron chi connectivity index (χ3n) is 4.51. The van der Waals surface area contributed by atoms with Crippen LogP contribution >= 0.6 is 0 Å². The quantitative estimate of drug-likeness (QED) is 0.886. The van der Waals surface area contributed by atoms with E-state index in [0.29, 0.717) is 6.42 Å². The number of hydrogen-bond donors (Lipinski definition) is 1. The molecule has 0 aliphatic carbocycles. The predicted octanol–water partition coefficient (Wildman–Crippen LogP) is 2.26. The third-order valence-corrected chi connectivity index (χ3v) is 4.51. The Bertz CT molecular complexity index is 652. The summed E-state index contributed by atoms with van der Waals surface area (Å²) in [5, 5.41) is 7.35. The normalized spacial score (nSPS) is 18.5. The largest absolute Gasteiger partial charge is 0.355 e. The zero-order valence-electron chi connectivity index (χ0n) is 14.3. The number of rotatable bonds is 6. The summed E-state index contributed by atoms with van der Waals surface area (Å²) in [4.78, 5) is 14.5. The maximum atomic E-state index is 12.1. The molecule has 1 aromatic carbocycles. The van der Waals surface area contributed by atoms with Crippen LogP contribution in [0.3, 0.4) is 0 Å². The first-order chi connectivity index (χ1) is 11.7. The van der Waals surface area contributed by atoms with E-state index >= 15 is 0 Å². The van der Waals surface area contributed by atoms with Crippen molar-refractivity contribution < 1.29 is 4.79 Å². The highest BCUT2D eigenvalue weighted by molar-refractivity contribution is 5.78. The van der Waals surface area contributed by atoms with Gasteiger partial charge in [0, 0.05) is 25.8 Å². The van der Waals surface area contributed by atoms with Crippen LogP contribution in [-0.4, -0.2) is 46.8 Å². The Kier molecular flexibility index (Phi) is 5.64. The topological polar surface area (TPSA) is 50.2 Å². The lowest BCUT2D eigenvalue weighted by molar-refractivity contribution is -0.120. The number of nitrogens with zero attached hydrogens (tertiary/aromatic N) is 3. The number of amides is 1. The Labute approximate surface area is 143 Å². The lowest BCUT2D eigenvalue weighted by atomic mass is 10.0. The first-order valence-electron chi connectivity index (χ1n) is 8.79. The zero-order chi connectivity index (χ0) is 16.8. The molecular formula is C19H26N4O. The Morgan fingerprint density at radius 1 is 1.33 bits per heavy atom. The maximum absolute atomic E-state index is 12.1. The van der Waals surface area contributed by atoms with Crippen LogP contribution in [0.15, 0.2) is 42.7 Å². The van der Waals surface area contributed by atoms with Gasteiger partial charge in [0.05, 0.1) is 18.3 Å². The number of carbonyl (C=O) groups excluding carboxylic acids is 1. The van der Waals surface area contributed by atoms with E-state index in [0.717, 1.165) is 43.3 Å². The zero-order valence-corrected chi connectivity index (χ0v) is 14.3. The molecule has 1 fully saturated rings. The van der Waals surface area contributed by atoms with Crippen molar-refractivity contribution in [3.63, 3.8) is 0 Å². The number of piperidine rings is 1. The van der Waals surface area contributed by atoms with E-state index in [-0.39, 0.29) is 5.91 Å². The lowest BCUT2D eigenvalue weighted by Gasteiger charge is -2.30. The van der Waals surface area contributed by atoms with Gasteiger partial charge in [0.1, 0.15) is 0 Å². The highest BCUT2D eigenvalue weighted by Crippen LogP contribution is 2.14. The summed E-state index contributed by atoms with van der Waals surface area (Å²) in [6.07, 6.45) is 6.66. The number of hydrogen-bond acceptors (Lipinski definition) is 3. The average Bonchev–Trinajstić information content (AvgIpc) is 3.04. The first kappa shape index (κ1) is 16.7. The van der Waals surface area contributed by atoms with E-state index in [1.54, 1.807) is 10.9 Å². The van der Waals surface area contributed by atoms with Crippen molar-refractivity contribution in [1.29, 1.82) is 0 Å². The fourth-order valence-corrected chi connectivity index (χ4v) is 3.26. The van der Waals surface area contributed by atoms with Crippen LogP contribution in [0.4, 0.5) is 0 Å². The van der Waals surface area contributed by atoms with E-state index in [9.17, 15) is 4.79 Å². The van der Waals surface area contributed by atoms with Gasteiger partial charge in [0.2, 0.25) is 5.91 Å². The average molecular weight is 326 g/mol. The number of nitrogens with one attached hydrogen (secondary N) is 1. The van der Waals surface area contributed by atoms with E-state index in [4.69, 9.17) is 0 Å². The molecule has 1 saturated heterocycles. The minimum Gasteiger partial charge on any atom is -0.355 e. The maximum Gasteiger partial charge on any atom is 0.224 e. The van der Waals surface area contributed by atoms with Crippen LogP contribution in [0, 0.1) is 5.92 Å². The van der Waals surface area contributed by atoms with Crippen molar-refractivity contribution in [2.24, 2.45) is 5.92 Å². The fourth-order valence-electron chi connectivity index (χ4n) is 3.26. The Balaban J connectivity index is 1.43. The smallest absolute Gasteiger partial charge is 0.224 e. The highest BCUT2D eigenvalue weighted by Gasteiger charge is 2.15. The molecular weight excluding hydrogens is 300 g/mol. The molecule has 1 N–H and O–H groups in total. The second-order valence-corrected chi connectivity index (χ2v) is 6.70. The monoisotopic (exact) mass is 326 g/mol. The summed E-state index contributed by atoms with van der Waals surface area (Å²) in [5.74, 6) is 0.839. The minimum atomic E-state index is 0.0627. The molecule has 5 nitrogen and oxygen atoms in total. The van der Waals surface area contributed by atoms with Crippen LogP contribution in [0.1, 0.15) is 25.3 Å². The van der Waals surface area contributed by atoms with Crippen LogP contribution in [0.5, 0.6) is 0 Å². The van der Waals surface area contributed by atoms with Crippen molar-refractivity contribution >= 4 is 5.91 Å². The third kappa shape index (κ3) is 4.68. The molecule has 2 aromatic rings. The van der Waals surface area contributed by atoms with Crippen LogP contribution < -0.4 is 5.32 Å². The predicted molar refractivity (Wildman–Crippen MR) is 95.1 cm³/mol. The second-order valence-electron chi connectivity index (χ2n) is 6.70. The molecule has 0 saturated carbocycles. The Hall–Kier alpha value is -2.14. The van der Waals surface area contributed by atoms with Gasteiger partial charge in [-0.15, -0.1) is 0 Å². The summed E-state index contributed by atoms with van der Waals surface area (Å²) >= 11 is 0. The molecule has 0 bridgehead atoms. The molecule has 1 amide bonds. The first-order valence-corrected chi connectivity index (χ1v) is 8.79. The number of likely N-dealkylation sites (tertiary alicyclic amines) is 1. The molecule has 2 heterocycles. The molecule has 128 valence electrons. The molecule has 1 aliphatic heterocycles. The Morgan fingerprint density at radius 3 is 2.96 bits per heavy atom. The number of benzene rings is 1. The van der Waals surface area contributed by atoms with Gasteiger partial charge in [0.15, 0.2) is 0 Å². The van der Waals surface area contributed by atoms with Crippen molar-refractivity contribution in [1.82, 2.24) is 20.0 Å². The molecule has 0 radical (unpaired) electrons. The lowest BCUT2D eigenvalue weighted by Crippen LogP contribution is -2.40. The summed E-state index contributed by atoms with van der Waals surface area (Å²) in [5.41, 5.74) is 1.94. The molecule has 1 atom stereocenters. The van der Waals surface area contributed by atoms with E-state index in [2.05, 4.69) is 22.2 Å². The number of aromatic nitrogens is 2. The summed E-state index contributed by atoms with van der Waals surface area (Å²) in [6, 6.07) is 9.92. The second kappa shape index (κ2) is 8.11. The highest BCUT2D eigenvalue weighted by atomic mass is 16.1. The SMILES string of the molecule is C[C@@H]1CCCN(CCNC(=O)Cc2cnn(-c3ccccc3)c2)C1. The van der Waals surface area contributed by atoms with Gasteiger partial charge in [-0.05, 0) is 43.0 Å². The minimum absolute atomic E-state index is 0.0627. The van der Waals surface area contributed by atoms with Crippen LogP contribution in [0.25, 0.3) is 5.69 Å². The summed E-state index contributed by atoms with van der Waals surface area (Å²) in [7, 11) is 0. The molecule has 24 heavy (non-hydrogen) atoms. The van der Waals surface area contributed by atoms with Crippen molar-refractivity contribution in [3.05, 3.63) is 48.3 Å². The van der Waals surface area contributed by atoms with Gasteiger partial charge < -0.3 is 10.2 Å². The molecule has 1 aromatic heterocycles.